The summed E-state index contributed by atoms with van der Waals surface area (Å²) >= 11 is 0. The quantitative estimate of drug-likeness (QED) is 0.271. The van der Waals surface area contributed by atoms with Crippen molar-refractivity contribution in [3.8, 4) is 0 Å². The summed E-state index contributed by atoms with van der Waals surface area (Å²) < 4.78 is 4.19. The molecule has 2 N–H and O–H groups in total. The number of rotatable bonds is 2. The summed E-state index contributed by atoms with van der Waals surface area (Å²) in [6, 6.07) is 0. The highest BCUT2D eigenvalue weighted by Gasteiger charge is 2.45. The lowest BCUT2D eigenvalue weighted by atomic mass is 10.1. The smallest absolute Gasteiger partial charge is 0.383 e. The molecule has 2 atom stereocenters. The Bertz CT molecular complexity index is 244. The van der Waals surface area contributed by atoms with Gasteiger partial charge in [0.1, 0.15) is 6.10 Å². The number of Topliss-reactive ketones (excluding diaryl/α,β-unsaturated/α-hetero) is 2. The SMILES string of the molecule is O=C1C(=O)[13C](=O)OC1C(O)CO. The number of aliphatic hydroxyl groups is 2. The second-order valence-corrected chi connectivity index (χ2v) is 2.27. The first-order valence-electron chi connectivity index (χ1n) is 3.16. The Morgan fingerprint density at radius 1 is 1.42 bits per heavy atom. The summed E-state index contributed by atoms with van der Waals surface area (Å²) in [6.45, 7) is -0.739. The fourth-order valence-corrected chi connectivity index (χ4v) is 0.801. The Kier molecular flexibility index (Phi) is 2.20. The number of carbonyl (C=O) groups excluding carboxylic acids is 3. The predicted molar refractivity (Wildman–Crippen MR) is 33.0 cm³/mol. The predicted octanol–water partition coefficient (Wildman–Crippen LogP) is -2.60. The molecule has 0 radical (unpaired) electrons. The van der Waals surface area contributed by atoms with Gasteiger partial charge in [-0.25, -0.2) is 4.79 Å². The first kappa shape index (κ1) is 8.82. The Morgan fingerprint density at radius 3 is 2.33 bits per heavy atom. The number of hydrogen-bond acceptors (Lipinski definition) is 6. The number of cyclic esters (lactones) is 1. The van der Waals surface area contributed by atoms with E-state index in [1.54, 1.807) is 0 Å². The van der Waals surface area contributed by atoms with Crippen molar-refractivity contribution in [1.29, 1.82) is 0 Å². The van der Waals surface area contributed by atoms with Crippen LogP contribution >= 0.6 is 0 Å². The fraction of sp³-hybridized carbons (Fsp3) is 0.500. The number of ether oxygens (including phenoxy) is 1. The molecule has 1 saturated heterocycles. The van der Waals surface area contributed by atoms with E-state index < -0.39 is 36.4 Å². The van der Waals surface area contributed by atoms with E-state index in [0.29, 0.717) is 0 Å². The van der Waals surface area contributed by atoms with Crippen molar-refractivity contribution in [1.82, 2.24) is 0 Å². The summed E-state index contributed by atoms with van der Waals surface area (Å²) in [7, 11) is 0. The molecule has 2 unspecified atom stereocenters. The Balaban J connectivity index is 2.78. The molecular weight excluding hydrogens is 169 g/mol. The van der Waals surface area contributed by atoms with Crippen LogP contribution in [0.25, 0.3) is 0 Å². The van der Waals surface area contributed by atoms with Crippen molar-refractivity contribution in [3.63, 3.8) is 0 Å². The zero-order chi connectivity index (χ0) is 9.30. The highest BCUT2D eigenvalue weighted by atomic mass is 16.7. The Hall–Kier alpha value is -1.27. The molecule has 6 heteroatoms. The molecule has 0 bridgehead atoms. The number of carbonyl (C=O) groups is 3. The van der Waals surface area contributed by atoms with E-state index in [2.05, 4.69) is 4.74 Å². The van der Waals surface area contributed by atoms with Crippen LogP contribution in [0.5, 0.6) is 0 Å². The third-order valence-corrected chi connectivity index (χ3v) is 1.44. The lowest BCUT2D eigenvalue weighted by molar-refractivity contribution is -0.152. The van der Waals surface area contributed by atoms with Crippen LogP contribution in [0.15, 0.2) is 0 Å². The third kappa shape index (κ3) is 1.21. The van der Waals surface area contributed by atoms with Gasteiger partial charge in [0.2, 0.25) is 0 Å². The van der Waals surface area contributed by atoms with Crippen LogP contribution in [0.4, 0.5) is 0 Å². The Morgan fingerprint density at radius 2 is 2.00 bits per heavy atom. The molecule has 0 aliphatic carbocycles. The first-order chi connectivity index (χ1) is 5.57. The molecule has 12 heavy (non-hydrogen) atoms. The minimum absolute atomic E-state index is 0.739. The van der Waals surface area contributed by atoms with E-state index in [4.69, 9.17) is 10.2 Å². The third-order valence-electron chi connectivity index (χ3n) is 1.44. The number of esters is 1. The van der Waals surface area contributed by atoms with Gasteiger partial charge in [-0.2, -0.15) is 0 Å². The van der Waals surface area contributed by atoms with E-state index >= 15 is 0 Å². The number of hydrogen-bond donors (Lipinski definition) is 2. The average molecular weight is 175 g/mol. The highest BCUT2D eigenvalue weighted by molar-refractivity contribution is 6.65. The van der Waals surface area contributed by atoms with Gasteiger partial charge in [0.05, 0.1) is 6.61 Å². The molecular formula is C6H6O6. The van der Waals surface area contributed by atoms with Crippen LogP contribution in [-0.4, -0.2) is 46.6 Å². The minimum atomic E-state index is -1.53. The molecule has 1 fully saturated rings. The first-order valence-corrected chi connectivity index (χ1v) is 3.16. The molecule has 0 amide bonds. The van der Waals surface area contributed by atoms with Gasteiger partial charge in [-0.05, 0) is 0 Å². The molecule has 0 spiro atoms. The molecule has 1 aliphatic rings. The average Bonchev–Trinajstić information content (AvgIpc) is 2.32. The minimum Gasteiger partial charge on any atom is -0.445 e. The second-order valence-electron chi connectivity index (χ2n) is 2.27. The molecule has 0 saturated carbocycles. The summed E-state index contributed by atoms with van der Waals surface area (Å²) in [6.07, 6.45) is -3.05. The molecule has 0 aromatic rings. The van der Waals surface area contributed by atoms with Gasteiger partial charge in [0.25, 0.3) is 5.78 Å². The maximum atomic E-state index is 10.7. The van der Waals surface area contributed by atoms with E-state index in [-0.39, 0.29) is 0 Å². The largest absolute Gasteiger partial charge is 0.445 e. The normalized spacial score (nSPS) is 25.8. The van der Waals surface area contributed by atoms with Crippen molar-refractivity contribution in [2.45, 2.75) is 12.2 Å². The van der Waals surface area contributed by atoms with Crippen LogP contribution in [0, 0.1) is 0 Å². The van der Waals surface area contributed by atoms with Crippen molar-refractivity contribution >= 4 is 17.5 Å². The fourth-order valence-electron chi connectivity index (χ4n) is 0.801. The summed E-state index contributed by atoms with van der Waals surface area (Å²) in [4.78, 5) is 31.7. The molecule has 66 valence electrons. The molecule has 1 rings (SSSR count). The molecule has 6 nitrogen and oxygen atoms in total. The van der Waals surface area contributed by atoms with Gasteiger partial charge in [-0.3, -0.25) is 9.59 Å². The molecule has 0 aromatic heterocycles. The number of aliphatic hydroxyl groups excluding tert-OH is 2. The van der Waals surface area contributed by atoms with Gasteiger partial charge >= 0.3 is 11.8 Å². The van der Waals surface area contributed by atoms with Crippen LogP contribution < -0.4 is 0 Å². The summed E-state index contributed by atoms with van der Waals surface area (Å²) in [5.41, 5.74) is 0. The molecule has 1 aliphatic heterocycles. The van der Waals surface area contributed by atoms with E-state index in [1.165, 1.54) is 0 Å². The van der Waals surface area contributed by atoms with Crippen molar-refractivity contribution in [2.24, 2.45) is 0 Å². The topological polar surface area (TPSA) is 101 Å². The zero-order valence-electron chi connectivity index (χ0n) is 5.89. The maximum absolute atomic E-state index is 10.7. The van der Waals surface area contributed by atoms with E-state index in [1.807, 2.05) is 0 Å². The standard InChI is InChI=1S/C6H6O6/c7-1-2(8)5-3(9)4(10)6(11)12-5/h2,5,7-8H,1H2/i6+1. The second kappa shape index (κ2) is 3.00. The van der Waals surface area contributed by atoms with Crippen molar-refractivity contribution in [3.05, 3.63) is 0 Å². The van der Waals surface area contributed by atoms with Crippen LogP contribution in [0.1, 0.15) is 0 Å². The number of ketones is 2. The molecule has 0 aromatic carbocycles. The van der Waals surface area contributed by atoms with Gasteiger partial charge < -0.3 is 14.9 Å². The highest BCUT2D eigenvalue weighted by Crippen LogP contribution is 2.10. The maximum Gasteiger partial charge on any atom is 0.383 e. The molecule has 1 heterocycles. The Labute approximate surface area is 66.7 Å². The van der Waals surface area contributed by atoms with Gasteiger partial charge in [-0.15, -0.1) is 0 Å². The van der Waals surface area contributed by atoms with E-state index in [9.17, 15) is 14.4 Å². The van der Waals surface area contributed by atoms with Gasteiger partial charge in [0.15, 0.2) is 6.10 Å². The van der Waals surface area contributed by atoms with E-state index in [0.717, 1.165) is 0 Å². The van der Waals surface area contributed by atoms with Crippen molar-refractivity contribution in [2.75, 3.05) is 6.61 Å². The lowest BCUT2D eigenvalue weighted by Gasteiger charge is -2.10. The van der Waals surface area contributed by atoms with Crippen LogP contribution in [0.3, 0.4) is 0 Å². The lowest BCUT2D eigenvalue weighted by Crippen LogP contribution is -2.35. The monoisotopic (exact) mass is 175 g/mol. The summed E-state index contributed by atoms with van der Waals surface area (Å²) in [5.74, 6) is -3.67. The van der Waals surface area contributed by atoms with Gasteiger partial charge in [-0.1, -0.05) is 0 Å². The zero-order valence-corrected chi connectivity index (χ0v) is 5.89. The summed E-state index contributed by atoms with van der Waals surface area (Å²) in [5, 5.41) is 17.2. The van der Waals surface area contributed by atoms with Crippen LogP contribution in [0.2, 0.25) is 0 Å². The van der Waals surface area contributed by atoms with Crippen LogP contribution in [-0.2, 0) is 19.1 Å². The van der Waals surface area contributed by atoms with Crippen molar-refractivity contribution < 1.29 is 29.3 Å². The van der Waals surface area contributed by atoms with Gasteiger partial charge in [0, 0.05) is 0 Å².